The van der Waals surface area contributed by atoms with Gasteiger partial charge < -0.3 is 10.6 Å². The molecular weight excluding hydrogens is 224 g/mol. The fourth-order valence-corrected chi connectivity index (χ4v) is 2.78. The fraction of sp³-hybridized carbons (Fsp3) is 0.917. The van der Waals surface area contributed by atoms with Gasteiger partial charge in [0, 0.05) is 18.0 Å². The van der Waals surface area contributed by atoms with E-state index in [9.17, 15) is 4.79 Å². The number of halogens is 1. The highest BCUT2D eigenvalue weighted by atomic mass is 35.5. The molecule has 2 N–H and O–H groups in total. The van der Waals surface area contributed by atoms with Crippen molar-refractivity contribution in [3.63, 3.8) is 0 Å². The Morgan fingerprint density at radius 2 is 2.19 bits per heavy atom. The number of fused-ring (bicyclic) bond motifs is 2. The Labute approximate surface area is 102 Å². The average Bonchev–Trinajstić information content (AvgIpc) is 2.58. The highest BCUT2D eigenvalue weighted by Crippen LogP contribution is 2.30. The highest BCUT2D eigenvalue weighted by Gasteiger charge is 2.36. The van der Waals surface area contributed by atoms with E-state index in [-0.39, 0.29) is 5.91 Å². The van der Waals surface area contributed by atoms with Crippen LogP contribution >= 0.6 is 11.6 Å². The van der Waals surface area contributed by atoms with Crippen LogP contribution < -0.4 is 10.6 Å². The number of nitrogens with one attached hydrogen (secondary N) is 2. The van der Waals surface area contributed by atoms with Crippen molar-refractivity contribution < 1.29 is 4.79 Å². The van der Waals surface area contributed by atoms with Crippen LogP contribution in [0.4, 0.5) is 0 Å². The van der Waals surface area contributed by atoms with Gasteiger partial charge >= 0.3 is 0 Å². The molecule has 2 fully saturated rings. The lowest BCUT2D eigenvalue weighted by atomic mass is 9.85. The van der Waals surface area contributed by atoms with Crippen LogP contribution in [0.25, 0.3) is 0 Å². The third kappa shape index (κ3) is 2.51. The third-order valence-corrected chi connectivity index (χ3v) is 4.45. The summed E-state index contributed by atoms with van der Waals surface area (Å²) in [6, 6.07) is 0.955. The number of alkyl halides is 1. The molecule has 1 aliphatic heterocycles. The van der Waals surface area contributed by atoms with Crippen LogP contribution in [0.1, 0.15) is 33.1 Å². The molecule has 2 rings (SSSR count). The van der Waals surface area contributed by atoms with Gasteiger partial charge in [-0.05, 0) is 45.6 Å². The molecule has 1 heterocycles. The summed E-state index contributed by atoms with van der Waals surface area (Å²) in [5.41, 5.74) is -0.453. The van der Waals surface area contributed by atoms with Crippen LogP contribution in [0.5, 0.6) is 0 Å². The number of carbonyl (C=O) groups excluding carboxylic acids is 1. The molecule has 1 amide bonds. The van der Waals surface area contributed by atoms with Crippen molar-refractivity contribution >= 4 is 17.5 Å². The second-order valence-electron chi connectivity index (χ2n) is 5.87. The molecule has 3 nitrogen and oxygen atoms in total. The first-order valence-corrected chi connectivity index (χ1v) is 6.65. The summed E-state index contributed by atoms with van der Waals surface area (Å²) in [4.78, 5) is 12.0. The quantitative estimate of drug-likeness (QED) is 0.739. The van der Waals surface area contributed by atoms with E-state index in [0.717, 1.165) is 25.3 Å². The number of amides is 1. The lowest BCUT2D eigenvalue weighted by Crippen LogP contribution is -2.47. The Bertz CT molecular complexity index is 268. The van der Waals surface area contributed by atoms with Gasteiger partial charge in [-0.2, -0.15) is 0 Å². The van der Waals surface area contributed by atoms with Gasteiger partial charge in [0.15, 0.2) is 0 Å². The average molecular weight is 245 g/mol. The van der Waals surface area contributed by atoms with E-state index < -0.39 is 5.41 Å². The molecule has 1 aliphatic carbocycles. The van der Waals surface area contributed by atoms with Crippen LogP contribution in [0.3, 0.4) is 0 Å². The molecule has 0 radical (unpaired) electrons. The first-order valence-electron chi connectivity index (χ1n) is 6.11. The lowest BCUT2D eigenvalue weighted by Gasteiger charge is -2.30. The number of carbonyl (C=O) groups is 1. The van der Waals surface area contributed by atoms with Gasteiger partial charge in [0.2, 0.25) is 5.91 Å². The van der Waals surface area contributed by atoms with Crippen molar-refractivity contribution in [2.45, 2.75) is 45.2 Å². The zero-order valence-corrected chi connectivity index (χ0v) is 10.8. The van der Waals surface area contributed by atoms with Crippen molar-refractivity contribution in [3.05, 3.63) is 0 Å². The lowest BCUT2D eigenvalue weighted by molar-refractivity contribution is -0.129. The first kappa shape index (κ1) is 12.2. The standard InChI is InChI=1S/C12H21ClN2O/c1-12(2,7-13)11(16)15-10-4-8-3-9(5-10)14-6-8/h8-10,14H,3-7H2,1-2H3,(H,15,16). The van der Waals surface area contributed by atoms with Gasteiger partial charge in [-0.3, -0.25) is 4.79 Å². The number of rotatable bonds is 3. The maximum Gasteiger partial charge on any atom is 0.227 e. The summed E-state index contributed by atoms with van der Waals surface area (Å²) in [6.45, 7) is 4.91. The summed E-state index contributed by atoms with van der Waals surface area (Å²) in [5, 5.41) is 6.64. The van der Waals surface area contributed by atoms with Crippen LogP contribution in [-0.2, 0) is 4.79 Å². The molecule has 3 unspecified atom stereocenters. The molecule has 0 aromatic rings. The zero-order chi connectivity index (χ0) is 11.8. The molecule has 0 aromatic carbocycles. The van der Waals surface area contributed by atoms with Gasteiger partial charge in [0.1, 0.15) is 0 Å². The highest BCUT2D eigenvalue weighted by molar-refractivity contribution is 6.19. The Morgan fingerprint density at radius 1 is 1.44 bits per heavy atom. The van der Waals surface area contributed by atoms with Crippen molar-refractivity contribution in [2.24, 2.45) is 11.3 Å². The first-order chi connectivity index (χ1) is 7.51. The molecule has 2 bridgehead atoms. The smallest absolute Gasteiger partial charge is 0.227 e. The molecule has 4 heteroatoms. The van der Waals surface area contributed by atoms with E-state index in [0.29, 0.717) is 18.0 Å². The predicted octanol–water partition coefficient (Wildman–Crippen LogP) is 1.51. The molecule has 16 heavy (non-hydrogen) atoms. The molecule has 92 valence electrons. The van der Waals surface area contributed by atoms with E-state index in [1.807, 2.05) is 13.8 Å². The molecule has 3 atom stereocenters. The van der Waals surface area contributed by atoms with Crippen LogP contribution in [0, 0.1) is 11.3 Å². The Kier molecular flexibility index (Phi) is 3.45. The summed E-state index contributed by atoms with van der Waals surface area (Å²) < 4.78 is 0. The van der Waals surface area contributed by atoms with Crippen molar-refractivity contribution in [2.75, 3.05) is 12.4 Å². The van der Waals surface area contributed by atoms with Gasteiger partial charge in [-0.15, -0.1) is 11.6 Å². The maximum absolute atomic E-state index is 12.0. The molecule has 1 saturated heterocycles. The molecule has 0 spiro atoms. The zero-order valence-electron chi connectivity index (χ0n) is 10.1. The molecule has 1 saturated carbocycles. The van der Waals surface area contributed by atoms with Crippen LogP contribution in [0.15, 0.2) is 0 Å². The van der Waals surface area contributed by atoms with Gasteiger partial charge in [-0.1, -0.05) is 0 Å². The van der Waals surface area contributed by atoms with Gasteiger partial charge in [0.05, 0.1) is 5.41 Å². The van der Waals surface area contributed by atoms with E-state index in [1.165, 1.54) is 6.42 Å². The third-order valence-electron chi connectivity index (χ3n) is 3.78. The summed E-state index contributed by atoms with van der Waals surface area (Å²) >= 11 is 5.80. The topological polar surface area (TPSA) is 41.1 Å². The van der Waals surface area contributed by atoms with Crippen molar-refractivity contribution in [3.8, 4) is 0 Å². The Morgan fingerprint density at radius 3 is 2.81 bits per heavy atom. The van der Waals surface area contributed by atoms with Crippen molar-refractivity contribution in [1.82, 2.24) is 10.6 Å². The Balaban J connectivity index is 1.88. The van der Waals surface area contributed by atoms with Gasteiger partial charge in [-0.25, -0.2) is 0 Å². The number of hydrogen-bond donors (Lipinski definition) is 2. The van der Waals surface area contributed by atoms with E-state index in [4.69, 9.17) is 11.6 Å². The second-order valence-corrected chi connectivity index (χ2v) is 6.13. The Hall–Kier alpha value is -0.280. The minimum absolute atomic E-state index is 0.0915. The van der Waals surface area contributed by atoms with E-state index in [1.54, 1.807) is 0 Å². The maximum atomic E-state index is 12.0. The normalized spacial score (nSPS) is 33.8. The van der Waals surface area contributed by atoms with Crippen molar-refractivity contribution in [1.29, 1.82) is 0 Å². The fourth-order valence-electron chi connectivity index (χ4n) is 2.66. The monoisotopic (exact) mass is 244 g/mol. The molecular formula is C12H21ClN2O. The SMILES string of the molecule is CC(C)(CCl)C(=O)NC1CC2CNC(C2)C1. The van der Waals surface area contributed by atoms with Gasteiger partial charge in [0.25, 0.3) is 0 Å². The minimum atomic E-state index is -0.453. The van der Waals surface area contributed by atoms with Crippen LogP contribution in [0.2, 0.25) is 0 Å². The van der Waals surface area contributed by atoms with Crippen LogP contribution in [-0.4, -0.2) is 30.4 Å². The molecule has 0 aromatic heterocycles. The van der Waals surface area contributed by atoms with E-state index >= 15 is 0 Å². The number of hydrogen-bond acceptors (Lipinski definition) is 2. The summed E-state index contributed by atoms with van der Waals surface area (Å²) in [7, 11) is 0. The largest absolute Gasteiger partial charge is 0.353 e. The summed E-state index contributed by atoms with van der Waals surface area (Å²) in [6.07, 6.45) is 3.47. The summed E-state index contributed by atoms with van der Waals surface area (Å²) in [5.74, 6) is 1.22. The second kappa shape index (κ2) is 4.53. The van der Waals surface area contributed by atoms with E-state index in [2.05, 4.69) is 10.6 Å². The predicted molar refractivity (Wildman–Crippen MR) is 65.6 cm³/mol. The minimum Gasteiger partial charge on any atom is -0.353 e. The molecule has 2 aliphatic rings.